The van der Waals surface area contributed by atoms with Crippen LogP contribution in [0.15, 0.2) is 30.3 Å². The highest BCUT2D eigenvalue weighted by molar-refractivity contribution is 6.36. The van der Waals surface area contributed by atoms with Crippen molar-refractivity contribution in [2.75, 3.05) is 13.2 Å². The van der Waals surface area contributed by atoms with Gasteiger partial charge in [-0.05, 0) is 38.3 Å². The first-order valence-electron chi connectivity index (χ1n) is 6.71. The molecule has 0 bridgehead atoms. The molecule has 0 aliphatic heterocycles. The molecule has 1 unspecified atom stereocenters. The monoisotopic (exact) mass is 261 g/mol. The lowest BCUT2D eigenvalue weighted by Gasteiger charge is -2.17. The van der Waals surface area contributed by atoms with Crippen LogP contribution in [0, 0.1) is 0 Å². The number of aromatic nitrogens is 1. The van der Waals surface area contributed by atoms with Gasteiger partial charge >= 0.3 is 7.32 Å². The summed E-state index contributed by atoms with van der Waals surface area (Å²) in [6.07, 6.45) is -0.115. The van der Waals surface area contributed by atoms with Crippen LogP contribution in [-0.4, -0.2) is 25.5 Å². The van der Waals surface area contributed by atoms with Crippen LogP contribution in [-0.2, 0) is 14.0 Å². The van der Waals surface area contributed by atoms with Crippen LogP contribution in [0.3, 0.4) is 0 Å². The van der Waals surface area contributed by atoms with Gasteiger partial charge in [0, 0.05) is 24.4 Å². The van der Waals surface area contributed by atoms with Crippen LogP contribution in [0.5, 0.6) is 0 Å². The lowest BCUT2D eigenvalue weighted by atomic mass is 10.2. The third-order valence-corrected chi connectivity index (χ3v) is 2.91. The maximum atomic E-state index is 5.77. The fourth-order valence-corrected chi connectivity index (χ4v) is 1.95. The Morgan fingerprint density at radius 1 is 1.16 bits per heavy atom. The molecule has 0 aliphatic carbocycles. The molecule has 1 aromatic carbocycles. The largest absolute Gasteiger partial charge is 0.639 e. The van der Waals surface area contributed by atoms with E-state index in [0.717, 1.165) is 11.2 Å². The van der Waals surface area contributed by atoms with Crippen molar-refractivity contribution in [2.24, 2.45) is 0 Å². The summed E-state index contributed by atoms with van der Waals surface area (Å²) < 4.78 is 16.6. The second kappa shape index (κ2) is 6.75. The summed E-state index contributed by atoms with van der Waals surface area (Å²) in [7, 11) is -0.614. The van der Waals surface area contributed by atoms with Crippen molar-refractivity contribution >= 4 is 18.2 Å². The zero-order chi connectivity index (χ0) is 13.7. The molecule has 0 aliphatic rings. The quantitative estimate of drug-likeness (QED) is 0.777. The van der Waals surface area contributed by atoms with E-state index in [9.17, 15) is 0 Å². The van der Waals surface area contributed by atoms with Crippen molar-refractivity contribution in [2.45, 2.75) is 26.9 Å². The molecule has 0 fully saturated rings. The third kappa shape index (κ3) is 3.59. The smallest absolute Gasteiger partial charge is 0.386 e. The van der Waals surface area contributed by atoms with E-state index in [4.69, 9.17) is 14.0 Å². The predicted octanol–water partition coefficient (Wildman–Crippen LogP) is 3.30. The van der Waals surface area contributed by atoms with Gasteiger partial charge in [0.15, 0.2) is 0 Å². The second-order valence-corrected chi connectivity index (χ2v) is 4.29. The van der Waals surface area contributed by atoms with Crippen LogP contribution >= 0.6 is 0 Å². The summed E-state index contributed by atoms with van der Waals surface area (Å²) in [6.45, 7) is 6.94. The van der Waals surface area contributed by atoms with Crippen LogP contribution in [0.1, 0.15) is 32.6 Å². The first-order chi connectivity index (χ1) is 9.24. The molecule has 0 amide bonds. The van der Waals surface area contributed by atoms with Crippen molar-refractivity contribution in [1.29, 1.82) is 0 Å². The van der Waals surface area contributed by atoms with E-state index in [1.165, 1.54) is 5.39 Å². The van der Waals surface area contributed by atoms with E-state index in [0.29, 0.717) is 13.2 Å². The number of para-hydroxylation sites is 1. The minimum Gasteiger partial charge on any atom is -0.386 e. The van der Waals surface area contributed by atoms with E-state index < -0.39 is 7.32 Å². The van der Waals surface area contributed by atoms with Gasteiger partial charge in [-0.25, -0.2) is 0 Å². The molecule has 1 heterocycles. The summed E-state index contributed by atoms with van der Waals surface area (Å²) in [4.78, 5) is 3.35. The van der Waals surface area contributed by atoms with Gasteiger partial charge < -0.3 is 18.9 Å². The molecule has 0 saturated carbocycles. The highest BCUT2D eigenvalue weighted by Gasteiger charge is 2.24. The molecule has 0 radical (unpaired) electrons. The molecule has 0 saturated heterocycles. The lowest BCUT2D eigenvalue weighted by Crippen LogP contribution is -2.28. The molecule has 102 valence electrons. The van der Waals surface area contributed by atoms with Crippen molar-refractivity contribution in [3.63, 3.8) is 0 Å². The molecular formula is C14H20BNO3. The van der Waals surface area contributed by atoms with Gasteiger partial charge in [0.25, 0.3) is 0 Å². The van der Waals surface area contributed by atoms with Crippen molar-refractivity contribution < 1.29 is 14.0 Å². The highest BCUT2D eigenvalue weighted by Crippen LogP contribution is 2.22. The van der Waals surface area contributed by atoms with Gasteiger partial charge in [-0.1, -0.05) is 18.2 Å². The molecule has 1 atom stereocenters. The van der Waals surface area contributed by atoms with Crippen LogP contribution in [0.4, 0.5) is 0 Å². The van der Waals surface area contributed by atoms with Gasteiger partial charge in [0.05, 0.1) is 6.10 Å². The number of hydrogen-bond donors (Lipinski definition) is 1. The SMILES string of the molecule is CCOB(OCC)OC(C)c1cc2ccccc2[nH]1. The van der Waals surface area contributed by atoms with E-state index in [-0.39, 0.29) is 6.10 Å². The normalized spacial score (nSPS) is 12.8. The Bertz CT molecular complexity index is 475. The first kappa shape index (κ1) is 14.1. The Hall–Kier alpha value is -1.30. The standard InChI is InChI=1S/C14H20BNO3/c1-4-17-15(18-5-2)19-11(3)14-10-12-8-6-7-9-13(12)16-14/h6-11,16H,4-5H2,1-3H3. The molecule has 2 aromatic rings. The summed E-state index contributed by atoms with van der Waals surface area (Å²) in [5.41, 5.74) is 2.13. The molecule has 0 spiro atoms. The second-order valence-electron chi connectivity index (χ2n) is 4.29. The first-order valence-corrected chi connectivity index (χ1v) is 6.71. The molecular weight excluding hydrogens is 241 g/mol. The topological polar surface area (TPSA) is 43.5 Å². The average Bonchev–Trinajstić information content (AvgIpc) is 2.83. The number of benzene rings is 1. The minimum atomic E-state index is -0.614. The maximum absolute atomic E-state index is 5.77. The van der Waals surface area contributed by atoms with Gasteiger partial charge in [0.2, 0.25) is 0 Å². The van der Waals surface area contributed by atoms with Gasteiger partial charge in [0.1, 0.15) is 0 Å². The van der Waals surface area contributed by atoms with Gasteiger partial charge in [-0.2, -0.15) is 0 Å². The molecule has 5 heteroatoms. The number of aromatic amines is 1. The predicted molar refractivity (Wildman–Crippen MR) is 76.8 cm³/mol. The molecule has 2 rings (SSSR count). The Morgan fingerprint density at radius 2 is 1.84 bits per heavy atom. The van der Waals surface area contributed by atoms with Crippen LogP contribution in [0.2, 0.25) is 0 Å². The lowest BCUT2D eigenvalue weighted by molar-refractivity contribution is 0.0687. The Labute approximate surface area is 114 Å². The molecule has 4 nitrogen and oxygen atoms in total. The van der Waals surface area contributed by atoms with Crippen molar-refractivity contribution in [1.82, 2.24) is 4.98 Å². The Kier molecular flexibility index (Phi) is 5.02. The van der Waals surface area contributed by atoms with Crippen LogP contribution in [0.25, 0.3) is 10.9 Å². The molecule has 1 aromatic heterocycles. The van der Waals surface area contributed by atoms with Gasteiger partial charge in [-0.3, -0.25) is 0 Å². The molecule has 1 N–H and O–H groups in total. The average molecular weight is 261 g/mol. The van der Waals surface area contributed by atoms with Gasteiger partial charge in [-0.15, -0.1) is 0 Å². The summed E-state index contributed by atoms with van der Waals surface area (Å²) >= 11 is 0. The summed E-state index contributed by atoms with van der Waals surface area (Å²) in [5, 5.41) is 1.18. The van der Waals surface area contributed by atoms with E-state index in [1.54, 1.807) is 0 Å². The van der Waals surface area contributed by atoms with E-state index in [1.807, 2.05) is 39.0 Å². The number of rotatable bonds is 7. The summed E-state index contributed by atoms with van der Waals surface area (Å²) in [6, 6.07) is 10.2. The highest BCUT2D eigenvalue weighted by atomic mass is 16.7. The van der Waals surface area contributed by atoms with Crippen molar-refractivity contribution in [3.8, 4) is 0 Å². The number of hydrogen-bond acceptors (Lipinski definition) is 3. The van der Waals surface area contributed by atoms with Crippen molar-refractivity contribution in [3.05, 3.63) is 36.0 Å². The fourth-order valence-electron chi connectivity index (χ4n) is 1.95. The number of nitrogens with one attached hydrogen (secondary N) is 1. The Balaban J connectivity index is 2.07. The maximum Gasteiger partial charge on any atom is 0.639 e. The van der Waals surface area contributed by atoms with E-state index >= 15 is 0 Å². The third-order valence-electron chi connectivity index (χ3n) is 2.91. The zero-order valence-corrected chi connectivity index (χ0v) is 11.7. The molecule has 19 heavy (non-hydrogen) atoms. The Morgan fingerprint density at radius 3 is 2.47 bits per heavy atom. The fraction of sp³-hybridized carbons (Fsp3) is 0.429. The number of H-pyrrole nitrogens is 1. The summed E-state index contributed by atoms with van der Waals surface area (Å²) in [5.74, 6) is 0. The number of fused-ring (bicyclic) bond motifs is 1. The zero-order valence-electron chi connectivity index (χ0n) is 11.7. The van der Waals surface area contributed by atoms with E-state index in [2.05, 4.69) is 17.1 Å². The minimum absolute atomic E-state index is 0.115. The van der Waals surface area contributed by atoms with Crippen LogP contribution < -0.4 is 0 Å².